The first-order valence-electron chi connectivity index (χ1n) is 9.36. The van der Waals surface area contributed by atoms with Gasteiger partial charge in [-0.2, -0.15) is 13.2 Å². The number of hydrogen-bond donors (Lipinski definition) is 0. The van der Waals surface area contributed by atoms with Crippen LogP contribution in [0.15, 0.2) is 35.6 Å². The number of carbonyl (C=O) groups is 1. The Bertz CT molecular complexity index is 1130. The van der Waals surface area contributed by atoms with Crippen molar-refractivity contribution >= 4 is 23.3 Å². The summed E-state index contributed by atoms with van der Waals surface area (Å²) < 4.78 is 50.9. The zero-order valence-corrected chi connectivity index (χ0v) is 17.6. The minimum atomic E-state index is -4.47. The summed E-state index contributed by atoms with van der Waals surface area (Å²) in [5.74, 6) is 1.16. The lowest BCUT2D eigenvalue weighted by molar-refractivity contribution is -0.138. The van der Waals surface area contributed by atoms with Crippen molar-refractivity contribution in [3.05, 3.63) is 47.2 Å². The number of pyridine rings is 1. The van der Waals surface area contributed by atoms with Crippen LogP contribution in [0, 0.1) is 0 Å². The van der Waals surface area contributed by atoms with Crippen molar-refractivity contribution in [3.8, 4) is 11.5 Å². The number of rotatable bonds is 5. The minimum Gasteiger partial charge on any atom is -0.493 e. The summed E-state index contributed by atoms with van der Waals surface area (Å²) in [4.78, 5) is 14.5. The van der Waals surface area contributed by atoms with Gasteiger partial charge >= 0.3 is 6.18 Å². The van der Waals surface area contributed by atoms with Crippen LogP contribution in [0.1, 0.15) is 16.7 Å². The van der Waals surface area contributed by atoms with Crippen LogP contribution in [0.25, 0.3) is 5.65 Å². The van der Waals surface area contributed by atoms with Crippen molar-refractivity contribution in [2.75, 3.05) is 26.5 Å². The van der Waals surface area contributed by atoms with Crippen LogP contribution in [0.5, 0.6) is 11.5 Å². The van der Waals surface area contributed by atoms with Gasteiger partial charge in [-0.1, -0.05) is 11.8 Å². The molecule has 164 valence electrons. The first kappa shape index (κ1) is 21.3. The van der Waals surface area contributed by atoms with Gasteiger partial charge in [0.2, 0.25) is 5.91 Å². The summed E-state index contributed by atoms with van der Waals surface area (Å²) in [7, 11) is 3.13. The fraction of sp³-hybridized carbons (Fsp3) is 0.350. The van der Waals surface area contributed by atoms with Crippen LogP contribution in [0.2, 0.25) is 0 Å². The third-order valence-corrected chi connectivity index (χ3v) is 6.02. The highest BCUT2D eigenvalue weighted by Crippen LogP contribution is 2.34. The lowest BCUT2D eigenvalue weighted by atomic mass is 9.99. The number of fused-ring (bicyclic) bond motifs is 2. The van der Waals surface area contributed by atoms with E-state index in [9.17, 15) is 18.0 Å². The summed E-state index contributed by atoms with van der Waals surface area (Å²) in [6, 6.07) is 6.00. The lowest BCUT2D eigenvalue weighted by Crippen LogP contribution is -2.37. The van der Waals surface area contributed by atoms with E-state index in [0.717, 1.165) is 35.2 Å². The van der Waals surface area contributed by atoms with E-state index in [1.54, 1.807) is 19.1 Å². The summed E-state index contributed by atoms with van der Waals surface area (Å²) in [5, 5.41) is 8.03. The Kier molecular flexibility index (Phi) is 5.69. The molecule has 3 heterocycles. The average Bonchev–Trinajstić information content (AvgIpc) is 3.17. The smallest absolute Gasteiger partial charge is 0.417 e. The average molecular weight is 452 g/mol. The third kappa shape index (κ3) is 4.27. The number of methoxy groups -OCH3 is 2. The molecule has 0 aliphatic carbocycles. The Labute approximate surface area is 180 Å². The van der Waals surface area contributed by atoms with Crippen LogP contribution >= 0.6 is 11.8 Å². The molecule has 0 radical (unpaired) electrons. The molecule has 0 atom stereocenters. The molecule has 1 aromatic carbocycles. The van der Waals surface area contributed by atoms with Gasteiger partial charge in [-0.25, -0.2) is 0 Å². The first-order valence-corrected chi connectivity index (χ1v) is 10.3. The van der Waals surface area contributed by atoms with Crippen LogP contribution in [0.3, 0.4) is 0 Å². The van der Waals surface area contributed by atoms with Crippen molar-refractivity contribution in [1.82, 2.24) is 19.5 Å². The van der Waals surface area contributed by atoms with E-state index in [2.05, 4.69) is 10.2 Å². The van der Waals surface area contributed by atoms with Crippen LogP contribution in [-0.2, 0) is 23.9 Å². The molecular weight excluding hydrogens is 433 g/mol. The molecule has 3 aromatic rings. The van der Waals surface area contributed by atoms with Crippen LogP contribution < -0.4 is 9.47 Å². The highest BCUT2D eigenvalue weighted by atomic mass is 32.2. The number of aromatic nitrogens is 3. The van der Waals surface area contributed by atoms with Crippen molar-refractivity contribution < 1.29 is 27.4 Å². The molecule has 1 aliphatic rings. The highest BCUT2D eigenvalue weighted by molar-refractivity contribution is 7.99. The molecular formula is C20H19F3N4O3S. The number of benzene rings is 1. The summed E-state index contributed by atoms with van der Waals surface area (Å²) in [6.45, 7) is 0.967. The summed E-state index contributed by atoms with van der Waals surface area (Å²) in [5.41, 5.74) is 1.56. The van der Waals surface area contributed by atoms with Gasteiger partial charge in [0.15, 0.2) is 22.3 Å². The number of nitrogens with zero attached hydrogens (tertiary/aromatic N) is 4. The maximum Gasteiger partial charge on any atom is 0.417 e. The molecule has 2 aromatic heterocycles. The summed E-state index contributed by atoms with van der Waals surface area (Å²) in [6.07, 6.45) is -2.85. The van der Waals surface area contributed by atoms with Gasteiger partial charge in [-0.3, -0.25) is 9.20 Å². The minimum absolute atomic E-state index is 0.0413. The molecule has 1 aliphatic heterocycles. The normalized spacial score (nSPS) is 13.9. The standard InChI is InChI=1S/C20H19F3N4O3S/c1-29-15-7-12-5-6-26(9-13(12)8-16(15)30-2)18(28)11-31-19-25-24-17-4-3-14(10-27(17)19)20(21,22)23/h3-4,7-8,10H,5-6,9,11H2,1-2H3. The molecule has 0 saturated carbocycles. The maximum atomic E-state index is 13.0. The Balaban J connectivity index is 1.46. The monoisotopic (exact) mass is 452 g/mol. The van der Waals surface area contributed by atoms with E-state index in [0.29, 0.717) is 31.0 Å². The van der Waals surface area contributed by atoms with Gasteiger partial charge in [-0.05, 0) is 41.8 Å². The molecule has 0 spiro atoms. The second-order valence-electron chi connectivity index (χ2n) is 6.96. The number of carbonyl (C=O) groups excluding carboxylic acids is 1. The van der Waals surface area contributed by atoms with E-state index in [4.69, 9.17) is 9.47 Å². The highest BCUT2D eigenvalue weighted by Gasteiger charge is 2.31. The number of hydrogen-bond acceptors (Lipinski definition) is 6. The zero-order chi connectivity index (χ0) is 22.2. The molecule has 31 heavy (non-hydrogen) atoms. The number of thioether (sulfide) groups is 1. The predicted octanol–water partition coefficient (Wildman–Crippen LogP) is 3.44. The second-order valence-corrected chi connectivity index (χ2v) is 7.90. The molecule has 0 N–H and O–H groups in total. The predicted molar refractivity (Wildman–Crippen MR) is 107 cm³/mol. The largest absolute Gasteiger partial charge is 0.493 e. The molecule has 11 heteroatoms. The van der Waals surface area contributed by atoms with Gasteiger partial charge < -0.3 is 14.4 Å². The maximum absolute atomic E-state index is 13.0. The molecule has 4 rings (SSSR count). The number of ether oxygens (including phenoxy) is 2. The van der Waals surface area contributed by atoms with Crippen molar-refractivity contribution in [1.29, 1.82) is 0 Å². The van der Waals surface area contributed by atoms with Crippen molar-refractivity contribution in [3.63, 3.8) is 0 Å². The van der Waals surface area contributed by atoms with E-state index < -0.39 is 11.7 Å². The van der Waals surface area contributed by atoms with Crippen LogP contribution in [0.4, 0.5) is 13.2 Å². The van der Waals surface area contributed by atoms with Gasteiger partial charge in [0.05, 0.1) is 25.5 Å². The van der Waals surface area contributed by atoms with E-state index in [1.807, 2.05) is 12.1 Å². The number of halogens is 3. The SMILES string of the molecule is COc1cc2c(cc1OC)CN(C(=O)CSc1nnc3ccc(C(F)(F)F)cn13)CC2. The molecule has 1 amide bonds. The fourth-order valence-corrected chi connectivity index (χ4v) is 4.27. The fourth-order valence-electron chi connectivity index (χ4n) is 3.45. The van der Waals surface area contributed by atoms with E-state index in [1.165, 1.54) is 10.5 Å². The van der Waals surface area contributed by atoms with Gasteiger partial charge in [0.25, 0.3) is 0 Å². The van der Waals surface area contributed by atoms with Crippen molar-refractivity contribution in [2.45, 2.75) is 24.3 Å². The van der Waals surface area contributed by atoms with Gasteiger partial charge in [-0.15, -0.1) is 10.2 Å². The van der Waals surface area contributed by atoms with E-state index in [-0.39, 0.29) is 22.5 Å². The first-order chi connectivity index (χ1) is 14.8. The molecule has 0 saturated heterocycles. The Hall–Kier alpha value is -2.95. The zero-order valence-electron chi connectivity index (χ0n) is 16.8. The Morgan fingerprint density at radius 1 is 1.13 bits per heavy atom. The lowest BCUT2D eigenvalue weighted by Gasteiger charge is -2.29. The topological polar surface area (TPSA) is 69.0 Å². The van der Waals surface area contributed by atoms with Crippen molar-refractivity contribution in [2.24, 2.45) is 0 Å². The third-order valence-electron chi connectivity index (χ3n) is 5.09. The molecule has 0 fully saturated rings. The van der Waals surface area contributed by atoms with Crippen LogP contribution in [-0.4, -0.2) is 51.9 Å². The summed E-state index contributed by atoms with van der Waals surface area (Å²) >= 11 is 1.06. The number of amides is 1. The van der Waals surface area contributed by atoms with Gasteiger partial charge in [0, 0.05) is 19.3 Å². The second kappa shape index (κ2) is 8.29. The molecule has 0 bridgehead atoms. The van der Waals surface area contributed by atoms with E-state index >= 15 is 0 Å². The molecule has 0 unspecified atom stereocenters. The quantitative estimate of drug-likeness (QED) is 0.553. The number of alkyl halides is 3. The molecule has 7 nitrogen and oxygen atoms in total. The van der Waals surface area contributed by atoms with Gasteiger partial charge in [0.1, 0.15) is 0 Å². The Morgan fingerprint density at radius 2 is 1.84 bits per heavy atom. The Morgan fingerprint density at radius 3 is 2.52 bits per heavy atom.